The van der Waals surface area contributed by atoms with Crippen molar-refractivity contribution < 1.29 is 21.7 Å². The summed E-state index contributed by atoms with van der Waals surface area (Å²) < 4.78 is 0. The van der Waals surface area contributed by atoms with Gasteiger partial charge in [-0.15, -0.1) is 0 Å². The van der Waals surface area contributed by atoms with Crippen molar-refractivity contribution in [3.63, 3.8) is 0 Å². The molecule has 2 aromatic rings. The maximum absolute atomic E-state index is 6.00. The second kappa shape index (κ2) is 7.55. The van der Waals surface area contributed by atoms with E-state index in [0.29, 0.717) is 0 Å². The number of hydrogen-bond donors (Lipinski definition) is 0. The van der Waals surface area contributed by atoms with Crippen LogP contribution in [0.3, 0.4) is 0 Å². The number of hydrogen-bond acceptors (Lipinski definition) is 0. The molecule has 0 aliphatic carbocycles. The fourth-order valence-electron chi connectivity index (χ4n) is 1.66. The summed E-state index contributed by atoms with van der Waals surface area (Å²) in [5.74, 6) is 0. The van der Waals surface area contributed by atoms with Gasteiger partial charge in [0.05, 0.1) is 0 Å². The van der Waals surface area contributed by atoms with Gasteiger partial charge in [-0.05, 0) is 0 Å². The van der Waals surface area contributed by atoms with Crippen LogP contribution in [0.15, 0.2) is 18.2 Å². The van der Waals surface area contributed by atoms with Gasteiger partial charge in [0.1, 0.15) is 0 Å². The molecule has 0 unspecified atom stereocenters. The van der Waals surface area contributed by atoms with Gasteiger partial charge in [-0.1, -0.05) is 44.7 Å². The Kier molecular flexibility index (Phi) is 7.55. The Morgan fingerprint density at radius 1 is 0.889 bits per heavy atom. The van der Waals surface area contributed by atoms with Gasteiger partial charge in [-0.3, -0.25) is 0 Å². The van der Waals surface area contributed by atoms with Crippen molar-refractivity contribution in [2.45, 2.75) is 34.6 Å². The minimum absolute atomic E-state index is 0. The molecule has 0 spiro atoms. The van der Waals surface area contributed by atoms with Crippen molar-refractivity contribution in [1.82, 2.24) is 0 Å². The van der Waals surface area contributed by atoms with E-state index in [0.717, 1.165) is 15.6 Å². The summed E-state index contributed by atoms with van der Waals surface area (Å²) in [5.41, 5.74) is 6.29. The van der Waals surface area contributed by atoms with Crippen molar-refractivity contribution in [3.8, 4) is 0 Å². The fourth-order valence-corrected chi connectivity index (χ4v) is 2.08. The number of halogens is 2. The average molecular weight is 317 g/mol. The molecule has 2 aromatic carbocycles. The Hall–Kier alpha value is -0.00571. The van der Waals surface area contributed by atoms with E-state index >= 15 is 0 Å². The van der Waals surface area contributed by atoms with E-state index in [9.17, 15) is 0 Å². The van der Waals surface area contributed by atoms with Gasteiger partial charge in [0.25, 0.3) is 0 Å². The Labute approximate surface area is 135 Å². The van der Waals surface area contributed by atoms with Crippen LogP contribution in [0.4, 0.5) is 0 Å². The van der Waals surface area contributed by atoms with Gasteiger partial charge in [0, 0.05) is 0 Å². The van der Waals surface area contributed by atoms with Gasteiger partial charge in [-0.2, -0.15) is 57.1 Å². The van der Waals surface area contributed by atoms with E-state index in [1.165, 1.54) is 22.3 Å². The largest absolute Gasteiger partial charge is 2.00 e. The third-order valence-corrected chi connectivity index (χ3v) is 4.30. The Morgan fingerprint density at radius 2 is 1.33 bits per heavy atom. The standard InChI is InChI=1S/C9H12Cl.C6H6Cl.Ti/c1-5-6(2)8(4)9(10)7(5)3;1-5-3-2-4-6(5)7;/h1-4H3;2-4H,1H3;/q2*-1;+2. The topological polar surface area (TPSA) is 0 Å². The zero-order valence-electron chi connectivity index (χ0n) is 11.5. The molecule has 0 aromatic heterocycles. The summed E-state index contributed by atoms with van der Waals surface area (Å²) in [5, 5.41) is 1.80. The summed E-state index contributed by atoms with van der Waals surface area (Å²) in [6, 6.07) is 5.82. The molecular formula is C15H18Cl2Ti. The second-order valence-electron chi connectivity index (χ2n) is 4.37. The van der Waals surface area contributed by atoms with Gasteiger partial charge in [-0.25, -0.2) is 12.1 Å². The smallest absolute Gasteiger partial charge is 0.212 e. The van der Waals surface area contributed by atoms with Crippen LogP contribution in [0.5, 0.6) is 0 Å². The van der Waals surface area contributed by atoms with Gasteiger partial charge in [0.15, 0.2) is 0 Å². The summed E-state index contributed by atoms with van der Waals surface area (Å²) >= 11 is 11.6. The molecule has 0 fully saturated rings. The Morgan fingerprint density at radius 3 is 1.44 bits per heavy atom. The molecule has 0 saturated carbocycles. The Bertz CT molecular complexity index is 410. The van der Waals surface area contributed by atoms with Crippen LogP contribution >= 0.6 is 23.2 Å². The molecule has 96 valence electrons. The summed E-state index contributed by atoms with van der Waals surface area (Å²) in [6.45, 7) is 10.4. The Balaban J connectivity index is 0.000000321. The third kappa shape index (κ3) is 4.00. The quantitative estimate of drug-likeness (QED) is 0.434. The first kappa shape index (κ1) is 18.0. The molecule has 0 aliphatic rings. The molecule has 0 amide bonds. The maximum atomic E-state index is 6.00. The molecule has 0 saturated heterocycles. The van der Waals surface area contributed by atoms with Crippen molar-refractivity contribution in [1.29, 1.82) is 0 Å². The minimum atomic E-state index is 0. The van der Waals surface area contributed by atoms with Gasteiger partial charge in [0.2, 0.25) is 0 Å². The van der Waals surface area contributed by atoms with E-state index in [-0.39, 0.29) is 21.7 Å². The zero-order valence-corrected chi connectivity index (χ0v) is 14.6. The predicted octanol–water partition coefficient (Wildman–Crippen LogP) is 5.66. The molecule has 18 heavy (non-hydrogen) atoms. The van der Waals surface area contributed by atoms with Crippen molar-refractivity contribution in [2.75, 3.05) is 0 Å². The molecule has 0 radical (unpaired) electrons. The number of rotatable bonds is 0. The molecular weight excluding hydrogens is 299 g/mol. The molecule has 2 rings (SSSR count). The van der Waals surface area contributed by atoms with Gasteiger partial charge >= 0.3 is 21.7 Å². The van der Waals surface area contributed by atoms with Crippen LogP contribution in [0, 0.1) is 34.6 Å². The summed E-state index contributed by atoms with van der Waals surface area (Å²) in [6.07, 6.45) is 0. The van der Waals surface area contributed by atoms with E-state index in [1.54, 1.807) is 0 Å². The van der Waals surface area contributed by atoms with E-state index < -0.39 is 0 Å². The third-order valence-electron chi connectivity index (χ3n) is 3.31. The second-order valence-corrected chi connectivity index (χ2v) is 5.16. The molecule has 0 atom stereocenters. The van der Waals surface area contributed by atoms with E-state index in [4.69, 9.17) is 23.2 Å². The van der Waals surface area contributed by atoms with Crippen LogP contribution in [-0.2, 0) is 21.7 Å². The molecule has 0 bridgehead atoms. The molecule has 0 N–H and O–H groups in total. The summed E-state index contributed by atoms with van der Waals surface area (Å²) in [4.78, 5) is 0. The van der Waals surface area contributed by atoms with Crippen molar-refractivity contribution >= 4 is 23.2 Å². The molecule has 3 heteroatoms. The monoisotopic (exact) mass is 316 g/mol. The first-order valence-electron chi connectivity index (χ1n) is 5.62. The first-order valence-corrected chi connectivity index (χ1v) is 6.38. The van der Waals surface area contributed by atoms with Crippen LogP contribution in [-0.4, -0.2) is 0 Å². The van der Waals surface area contributed by atoms with Crippen LogP contribution in [0.25, 0.3) is 0 Å². The molecule has 0 aliphatic heterocycles. The molecule has 0 nitrogen and oxygen atoms in total. The van der Waals surface area contributed by atoms with Gasteiger partial charge < -0.3 is 0 Å². The van der Waals surface area contributed by atoms with Crippen LogP contribution < -0.4 is 0 Å². The summed E-state index contributed by atoms with van der Waals surface area (Å²) in [7, 11) is 0. The zero-order chi connectivity index (χ0) is 13.2. The van der Waals surface area contributed by atoms with Crippen molar-refractivity contribution in [2.24, 2.45) is 0 Å². The predicted molar refractivity (Wildman–Crippen MR) is 77.8 cm³/mol. The SMILES string of the molecule is Cc1c(C)c(C)[c-](Cl)c1C.Cc1ccc[c-]1Cl.[Ti+2]. The number of aryl methyl sites for hydroxylation is 1. The molecule has 0 heterocycles. The fraction of sp³-hybridized carbons (Fsp3) is 0.333. The average Bonchev–Trinajstić information content (AvgIpc) is 2.75. The minimum Gasteiger partial charge on any atom is -0.212 e. The van der Waals surface area contributed by atoms with E-state index in [2.05, 4.69) is 27.7 Å². The van der Waals surface area contributed by atoms with E-state index in [1.807, 2.05) is 25.1 Å². The van der Waals surface area contributed by atoms with Crippen molar-refractivity contribution in [3.05, 3.63) is 56.1 Å². The first-order chi connectivity index (χ1) is 7.86. The normalized spacial score (nSPS) is 9.50. The van der Waals surface area contributed by atoms with Crippen LogP contribution in [0.1, 0.15) is 27.8 Å². The maximum Gasteiger partial charge on any atom is 2.00 e. The van der Waals surface area contributed by atoms with Crippen LogP contribution in [0.2, 0.25) is 10.0 Å².